The summed E-state index contributed by atoms with van der Waals surface area (Å²) in [6.07, 6.45) is 24.0. The van der Waals surface area contributed by atoms with E-state index in [1.165, 1.54) is 43.4 Å². The zero-order valence-electron chi connectivity index (χ0n) is 45.1. The van der Waals surface area contributed by atoms with Crippen LogP contribution in [0.1, 0.15) is 158 Å². The number of aromatic amines is 2. The molecule has 12 nitrogen and oxygen atoms in total. The monoisotopic (exact) mass is 930 g/mol. The lowest BCUT2D eigenvalue weighted by atomic mass is 10.3. The van der Waals surface area contributed by atoms with E-state index in [0.29, 0.717) is 0 Å². The van der Waals surface area contributed by atoms with E-state index in [1.807, 2.05) is 53.9 Å². The van der Waals surface area contributed by atoms with Gasteiger partial charge in [0.25, 0.3) is 0 Å². The second-order valence-corrected chi connectivity index (χ2v) is 18.7. The third-order valence-corrected chi connectivity index (χ3v) is 3.71. The summed E-state index contributed by atoms with van der Waals surface area (Å²) in [4.78, 5) is 7.34. The number of nitrogens with zero attached hydrogens (tertiary/aromatic N) is 7. The number of oxazole rings is 1. The third kappa shape index (κ3) is 187. The standard InChI is InChI=1S/C5H5N.C5H8O.C4H4O.7C4H10.C3H4N2.C3H3NO.C3H3NS.CH2N4/c2*1-2-4-6-5-3-1;1-2-4-5-3-1;7*1-4(2)3;1-2-4-5-3-1;1-2-5-3-4-1;2*1-2-4-5-3-1/h1-5H;2,4H,1,3,5H2;1-4H;7*4H,1-3H3;1-3H,(H,4,5);2*1-3H;1H,(H,2,3,4,5). The smallest absolute Gasteiger partial charge is 0.180 e. The molecule has 0 saturated carbocycles. The molecule has 0 bridgehead atoms. The summed E-state index contributed by atoms with van der Waals surface area (Å²) < 4.78 is 17.7. The van der Waals surface area contributed by atoms with Gasteiger partial charge >= 0.3 is 0 Å². The summed E-state index contributed by atoms with van der Waals surface area (Å²) in [6, 6.07) is 13.1. The van der Waals surface area contributed by atoms with Gasteiger partial charge < -0.3 is 13.6 Å². The molecule has 0 fully saturated rings. The van der Waals surface area contributed by atoms with Crippen LogP contribution in [0, 0.1) is 41.4 Å². The first-order valence-corrected chi connectivity index (χ1v) is 23.8. The SMILES string of the molecule is C1=COCCC1.CC(C)C.CC(C)C.CC(C)C.CC(C)C.CC(C)C.CC(C)C.CC(C)C.c1ccncc1.c1ccoc1.c1cn[nH]c1.c1cnsc1.c1cocn1.c1nn[nH]n1. The quantitative estimate of drug-likeness (QED) is 0.150. The van der Waals surface area contributed by atoms with Crippen LogP contribution in [0.15, 0.2) is 138 Å². The van der Waals surface area contributed by atoms with Crippen molar-refractivity contribution in [2.75, 3.05) is 6.61 Å². The molecule has 0 radical (unpaired) electrons. The summed E-state index contributed by atoms with van der Waals surface area (Å²) >= 11 is 1.46. The van der Waals surface area contributed by atoms with Crippen LogP contribution in [-0.4, -0.2) is 51.8 Å². The molecule has 0 saturated heterocycles. The average Bonchev–Trinajstić information content (AvgIpc) is 4.06. The highest BCUT2D eigenvalue weighted by atomic mass is 32.1. The number of hydrogen-bond donors (Lipinski definition) is 2. The van der Waals surface area contributed by atoms with Crippen LogP contribution in [0.25, 0.3) is 0 Å². The second-order valence-electron chi connectivity index (χ2n) is 18.0. The van der Waals surface area contributed by atoms with Crippen LogP contribution in [0.5, 0.6) is 0 Å². The fourth-order valence-corrected chi connectivity index (χ4v) is 2.08. The number of hydrogen-bond acceptors (Lipinski definition) is 11. The molecule has 2 N–H and O–H groups in total. The van der Waals surface area contributed by atoms with Gasteiger partial charge in [0.2, 0.25) is 0 Å². The fraction of sp³-hybridized carbons (Fsp3) is 0.596. The van der Waals surface area contributed by atoms with Gasteiger partial charge in [-0.25, -0.2) is 9.36 Å². The Balaban J connectivity index is -0.000000112. The average molecular weight is 930 g/mol. The Labute approximate surface area is 403 Å². The predicted molar refractivity (Wildman–Crippen MR) is 282 cm³/mol. The molecule has 65 heavy (non-hydrogen) atoms. The molecule has 376 valence electrons. The Bertz CT molecular complexity index is 1060. The molecule has 0 unspecified atom stereocenters. The van der Waals surface area contributed by atoms with Crippen molar-refractivity contribution in [1.82, 2.24) is 45.2 Å². The predicted octanol–water partition coefficient (Wildman–Crippen LogP) is 16.7. The molecule has 0 aliphatic carbocycles. The van der Waals surface area contributed by atoms with Gasteiger partial charge in [0.05, 0.1) is 31.6 Å². The summed E-state index contributed by atoms with van der Waals surface area (Å²) in [6.45, 7) is 46.4. The molecular weight excluding hydrogens is 831 g/mol. The molecular formula is C52H99N9O3S. The number of tetrazole rings is 1. The van der Waals surface area contributed by atoms with Gasteiger partial charge in [-0.05, 0) is 108 Å². The van der Waals surface area contributed by atoms with Crippen molar-refractivity contribution in [3.05, 3.63) is 129 Å². The van der Waals surface area contributed by atoms with E-state index in [-0.39, 0.29) is 0 Å². The van der Waals surface area contributed by atoms with E-state index in [9.17, 15) is 0 Å². The maximum Gasteiger partial charge on any atom is 0.180 e. The molecule has 0 aromatic carbocycles. The number of ether oxygens (including phenoxy) is 1. The van der Waals surface area contributed by atoms with Gasteiger partial charge in [-0.3, -0.25) is 10.1 Å². The van der Waals surface area contributed by atoms with Crippen molar-refractivity contribution in [2.45, 2.75) is 158 Å². The molecule has 1 aliphatic rings. The third-order valence-electron chi connectivity index (χ3n) is 3.19. The summed E-state index contributed by atoms with van der Waals surface area (Å²) in [5.41, 5.74) is 0. The van der Waals surface area contributed by atoms with Crippen molar-refractivity contribution in [3.8, 4) is 0 Å². The number of furan rings is 1. The van der Waals surface area contributed by atoms with Crippen LogP contribution in [0.4, 0.5) is 0 Å². The van der Waals surface area contributed by atoms with E-state index in [1.54, 1.807) is 56.0 Å². The molecule has 7 rings (SSSR count). The number of aromatic nitrogens is 9. The number of H-pyrrole nitrogens is 2. The largest absolute Gasteiger partial charge is 0.502 e. The normalized spacial score (nSPS) is 9.54. The summed E-state index contributed by atoms with van der Waals surface area (Å²) in [5.74, 6) is 5.83. The highest BCUT2D eigenvalue weighted by Gasteiger charge is 1.86. The van der Waals surface area contributed by atoms with Crippen LogP contribution in [0.2, 0.25) is 0 Å². The van der Waals surface area contributed by atoms with E-state index in [4.69, 9.17) is 4.74 Å². The number of rotatable bonds is 0. The fourth-order valence-electron chi connectivity index (χ4n) is 1.72. The maximum absolute atomic E-state index is 4.89. The lowest BCUT2D eigenvalue weighted by Crippen LogP contribution is -1.90. The second kappa shape index (κ2) is 70.7. The molecule has 7 heterocycles. The van der Waals surface area contributed by atoms with Gasteiger partial charge in [0, 0.05) is 36.4 Å². The molecule has 6 aromatic heterocycles. The topological polar surface area (TPSA) is 157 Å². The first-order chi connectivity index (χ1) is 30.6. The van der Waals surface area contributed by atoms with Crippen LogP contribution in [0.3, 0.4) is 0 Å². The van der Waals surface area contributed by atoms with E-state index in [2.05, 4.69) is 199 Å². The number of pyridine rings is 1. The molecule has 0 spiro atoms. The minimum Gasteiger partial charge on any atom is -0.502 e. The van der Waals surface area contributed by atoms with E-state index < -0.39 is 0 Å². The van der Waals surface area contributed by atoms with Crippen LogP contribution < -0.4 is 0 Å². The lowest BCUT2D eigenvalue weighted by Gasteiger charge is -2.01. The molecule has 1 aliphatic heterocycles. The van der Waals surface area contributed by atoms with Crippen molar-refractivity contribution >= 4 is 11.5 Å². The zero-order valence-corrected chi connectivity index (χ0v) is 45.9. The highest BCUT2D eigenvalue weighted by Crippen LogP contribution is 1.98. The van der Waals surface area contributed by atoms with E-state index in [0.717, 1.165) is 48.0 Å². The lowest BCUT2D eigenvalue weighted by molar-refractivity contribution is 0.231. The van der Waals surface area contributed by atoms with Gasteiger partial charge in [-0.15, -0.1) is 10.2 Å². The Kier molecular flexibility index (Phi) is 81.0. The Morgan fingerprint density at radius 1 is 0.492 bits per heavy atom. The van der Waals surface area contributed by atoms with Gasteiger partial charge in [0.1, 0.15) is 6.26 Å². The van der Waals surface area contributed by atoms with Crippen molar-refractivity contribution in [1.29, 1.82) is 0 Å². The first-order valence-electron chi connectivity index (χ1n) is 23.0. The maximum atomic E-state index is 4.89. The molecule has 0 atom stereocenters. The molecule has 0 amide bonds. The summed E-state index contributed by atoms with van der Waals surface area (Å²) in [7, 11) is 0. The van der Waals surface area contributed by atoms with Crippen LogP contribution >= 0.6 is 11.5 Å². The molecule has 13 heteroatoms. The van der Waals surface area contributed by atoms with Crippen LogP contribution in [-0.2, 0) is 4.74 Å². The van der Waals surface area contributed by atoms with Crippen molar-refractivity contribution < 1.29 is 13.6 Å². The minimum atomic E-state index is 0.833. The van der Waals surface area contributed by atoms with E-state index >= 15 is 0 Å². The zero-order chi connectivity index (χ0) is 51.2. The number of nitrogens with one attached hydrogen (secondary N) is 2. The molecule has 6 aromatic rings. The van der Waals surface area contributed by atoms with Gasteiger partial charge in [0.15, 0.2) is 12.7 Å². The minimum absolute atomic E-state index is 0.833. The Hall–Kier alpha value is -4.91. The number of allylic oxidation sites excluding steroid dienone is 1. The highest BCUT2D eigenvalue weighted by molar-refractivity contribution is 7.03. The Morgan fingerprint density at radius 2 is 1.00 bits per heavy atom. The van der Waals surface area contributed by atoms with Crippen molar-refractivity contribution in [2.24, 2.45) is 41.4 Å². The van der Waals surface area contributed by atoms with Gasteiger partial charge in [-0.2, -0.15) is 10.3 Å². The summed E-state index contributed by atoms with van der Waals surface area (Å²) in [5, 5.41) is 20.3. The first kappa shape index (κ1) is 74.4. The van der Waals surface area contributed by atoms with Gasteiger partial charge in [-0.1, -0.05) is 157 Å². The van der Waals surface area contributed by atoms with Crippen molar-refractivity contribution in [3.63, 3.8) is 0 Å². The Morgan fingerprint density at radius 3 is 1.11 bits per heavy atom.